The van der Waals surface area contributed by atoms with Crippen molar-refractivity contribution in [3.8, 4) is 11.6 Å². The second kappa shape index (κ2) is 7.08. The summed E-state index contributed by atoms with van der Waals surface area (Å²) in [6.07, 6.45) is 0.803. The molecule has 3 N–H and O–H groups in total. The SMILES string of the molecule is [N-]=[N+]=N[C@H]1C[C@H](n2cnc3c(Oc4ccccc4)nc(N)nc32)O[C@@H]1CO. The zero-order valence-electron chi connectivity index (χ0n) is 14.1. The van der Waals surface area contributed by atoms with Crippen molar-refractivity contribution < 1.29 is 14.6 Å². The normalized spacial score (nSPS) is 21.9. The van der Waals surface area contributed by atoms with E-state index < -0.39 is 18.4 Å². The minimum absolute atomic E-state index is 0.0264. The van der Waals surface area contributed by atoms with Gasteiger partial charge in [-0.3, -0.25) is 4.57 Å². The predicted molar refractivity (Wildman–Crippen MR) is 94.8 cm³/mol. The molecule has 0 aliphatic carbocycles. The average molecular weight is 368 g/mol. The number of azide groups is 1. The lowest BCUT2D eigenvalue weighted by Gasteiger charge is -2.14. The quantitative estimate of drug-likeness (QED) is 0.397. The molecule has 1 saturated heterocycles. The summed E-state index contributed by atoms with van der Waals surface area (Å²) < 4.78 is 13.3. The molecule has 11 heteroatoms. The van der Waals surface area contributed by atoms with E-state index in [1.807, 2.05) is 18.2 Å². The third-order valence-corrected chi connectivity index (χ3v) is 4.26. The monoisotopic (exact) mass is 368 g/mol. The third kappa shape index (κ3) is 3.22. The summed E-state index contributed by atoms with van der Waals surface area (Å²) in [7, 11) is 0. The van der Waals surface area contributed by atoms with Gasteiger partial charge < -0.3 is 20.3 Å². The molecule has 3 atom stereocenters. The Morgan fingerprint density at radius 1 is 1.37 bits per heavy atom. The van der Waals surface area contributed by atoms with Gasteiger partial charge in [-0.05, 0) is 17.7 Å². The summed E-state index contributed by atoms with van der Waals surface area (Å²) in [6.45, 7) is -0.258. The topological polar surface area (TPSA) is 157 Å². The van der Waals surface area contributed by atoms with E-state index in [0.717, 1.165) is 0 Å². The van der Waals surface area contributed by atoms with Crippen LogP contribution in [0.1, 0.15) is 12.6 Å². The largest absolute Gasteiger partial charge is 0.437 e. The molecular weight excluding hydrogens is 352 g/mol. The maximum atomic E-state index is 9.45. The van der Waals surface area contributed by atoms with Crippen LogP contribution in [-0.4, -0.2) is 43.4 Å². The van der Waals surface area contributed by atoms with Gasteiger partial charge >= 0.3 is 0 Å². The van der Waals surface area contributed by atoms with Crippen molar-refractivity contribution in [2.24, 2.45) is 5.11 Å². The molecule has 1 aliphatic rings. The van der Waals surface area contributed by atoms with E-state index in [0.29, 0.717) is 23.3 Å². The number of fused-ring (bicyclic) bond motifs is 1. The van der Waals surface area contributed by atoms with Gasteiger partial charge in [0.05, 0.1) is 25.1 Å². The Morgan fingerprint density at radius 2 is 2.19 bits per heavy atom. The van der Waals surface area contributed by atoms with Crippen LogP contribution in [0.4, 0.5) is 5.95 Å². The summed E-state index contributed by atoms with van der Waals surface area (Å²) in [6, 6.07) is 8.65. The minimum Gasteiger partial charge on any atom is -0.437 e. The fraction of sp³-hybridized carbons (Fsp3) is 0.312. The number of aliphatic hydroxyl groups is 1. The lowest BCUT2D eigenvalue weighted by atomic mass is 10.1. The number of para-hydroxylation sites is 1. The van der Waals surface area contributed by atoms with E-state index in [4.69, 9.17) is 20.7 Å². The number of hydrogen-bond donors (Lipinski definition) is 2. The van der Waals surface area contributed by atoms with Crippen molar-refractivity contribution in [1.29, 1.82) is 0 Å². The highest BCUT2D eigenvalue weighted by Crippen LogP contribution is 2.34. The van der Waals surface area contributed by atoms with Crippen LogP contribution < -0.4 is 10.5 Å². The van der Waals surface area contributed by atoms with Crippen LogP contribution in [0.2, 0.25) is 0 Å². The molecule has 0 bridgehead atoms. The minimum atomic E-state index is -0.595. The number of imidazole rings is 1. The van der Waals surface area contributed by atoms with Gasteiger partial charge in [-0.25, -0.2) is 4.98 Å². The smallest absolute Gasteiger partial charge is 0.252 e. The first-order valence-corrected chi connectivity index (χ1v) is 8.23. The Labute approximate surface area is 153 Å². The van der Waals surface area contributed by atoms with Gasteiger partial charge in [-0.2, -0.15) is 9.97 Å². The van der Waals surface area contributed by atoms with E-state index in [-0.39, 0.29) is 18.4 Å². The summed E-state index contributed by atoms with van der Waals surface area (Å²) in [5, 5.41) is 13.1. The molecule has 0 saturated carbocycles. The number of ether oxygens (including phenoxy) is 2. The number of aliphatic hydroxyl groups excluding tert-OH is 1. The van der Waals surface area contributed by atoms with Crippen molar-refractivity contribution in [3.05, 3.63) is 47.1 Å². The molecule has 3 aromatic rings. The molecule has 138 valence electrons. The van der Waals surface area contributed by atoms with Gasteiger partial charge in [0.2, 0.25) is 5.95 Å². The van der Waals surface area contributed by atoms with Gasteiger partial charge in [0.15, 0.2) is 11.2 Å². The van der Waals surface area contributed by atoms with Gasteiger partial charge in [0, 0.05) is 11.3 Å². The molecule has 11 nitrogen and oxygen atoms in total. The maximum Gasteiger partial charge on any atom is 0.252 e. The molecule has 0 radical (unpaired) electrons. The molecule has 27 heavy (non-hydrogen) atoms. The zero-order valence-corrected chi connectivity index (χ0v) is 14.1. The lowest BCUT2D eigenvalue weighted by Crippen LogP contribution is -2.22. The van der Waals surface area contributed by atoms with Gasteiger partial charge in [-0.1, -0.05) is 23.3 Å². The Kier molecular flexibility index (Phi) is 4.47. The number of nitrogens with two attached hydrogens (primary N) is 1. The Morgan fingerprint density at radius 3 is 2.93 bits per heavy atom. The standard InChI is InChI=1S/C16H16N8O3/c17-16-20-14-13(15(21-16)26-9-4-2-1-3-5-9)19-8-24(14)12-6-10(22-23-18)11(7-25)27-12/h1-5,8,10-12,25H,6-7H2,(H2,17,20,21)/t10-,11+,12+/m0/s1. The predicted octanol–water partition coefficient (Wildman–Crippen LogP) is 2.16. The van der Waals surface area contributed by atoms with Gasteiger partial charge in [0.1, 0.15) is 12.0 Å². The second-order valence-corrected chi connectivity index (χ2v) is 5.95. The molecule has 0 unspecified atom stereocenters. The molecule has 0 amide bonds. The van der Waals surface area contributed by atoms with Crippen LogP contribution in [0.3, 0.4) is 0 Å². The number of nitrogens with zero attached hydrogens (tertiary/aromatic N) is 7. The van der Waals surface area contributed by atoms with Crippen LogP contribution >= 0.6 is 0 Å². The van der Waals surface area contributed by atoms with Crippen molar-refractivity contribution >= 4 is 17.1 Å². The number of aromatic nitrogens is 4. The van der Waals surface area contributed by atoms with Crippen molar-refractivity contribution in [3.63, 3.8) is 0 Å². The highest BCUT2D eigenvalue weighted by molar-refractivity contribution is 5.78. The highest BCUT2D eigenvalue weighted by atomic mass is 16.5. The summed E-state index contributed by atoms with van der Waals surface area (Å²) in [4.78, 5) is 15.5. The number of benzene rings is 1. The summed E-state index contributed by atoms with van der Waals surface area (Å²) >= 11 is 0. The Bertz CT molecular complexity index is 1000. The molecule has 3 heterocycles. The second-order valence-electron chi connectivity index (χ2n) is 5.95. The number of nitrogen functional groups attached to an aromatic ring is 1. The fourth-order valence-corrected chi connectivity index (χ4v) is 3.03. The third-order valence-electron chi connectivity index (χ3n) is 4.26. The van der Waals surface area contributed by atoms with Crippen molar-refractivity contribution in [1.82, 2.24) is 19.5 Å². The molecule has 1 fully saturated rings. The number of hydrogen-bond acceptors (Lipinski definition) is 8. The molecular formula is C16H16N8O3. The van der Waals surface area contributed by atoms with Crippen LogP contribution in [-0.2, 0) is 4.74 Å². The summed E-state index contributed by atoms with van der Waals surface area (Å²) in [5.74, 6) is 0.844. The van der Waals surface area contributed by atoms with Crippen LogP contribution in [0.15, 0.2) is 41.8 Å². The Hall–Kier alpha value is -3.40. The van der Waals surface area contributed by atoms with E-state index in [2.05, 4.69) is 25.0 Å². The van der Waals surface area contributed by atoms with Crippen LogP contribution in [0, 0.1) is 0 Å². The Balaban J connectivity index is 1.71. The molecule has 2 aromatic heterocycles. The number of anilines is 1. The van der Waals surface area contributed by atoms with Crippen LogP contribution in [0.5, 0.6) is 11.6 Å². The van der Waals surface area contributed by atoms with Crippen molar-refractivity contribution in [2.75, 3.05) is 12.3 Å². The van der Waals surface area contributed by atoms with E-state index in [1.54, 1.807) is 16.7 Å². The zero-order chi connectivity index (χ0) is 18.8. The van der Waals surface area contributed by atoms with Crippen LogP contribution in [0.25, 0.3) is 21.6 Å². The lowest BCUT2D eigenvalue weighted by molar-refractivity contribution is -0.0232. The number of rotatable bonds is 5. The van der Waals surface area contributed by atoms with Crippen molar-refractivity contribution in [2.45, 2.75) is 24.8 Å². The fourth-order valence-electron chi connectivity index (χ4n) is 3.03. The summed E-state index contributed by atoms with van der Waals surface area (Å²) in [5.41, 5.74) is 15.4. The molecule has 4 rings (SSSR count). The molecule has 0 spiro atoms. The highest BCUT2D eigenvalue weighted by Gasteiger charge is 2.36. The maximum absolute atomic E-state index is 9.45. The first-order chi connectivity index (χ1) is 13.2. The first kappa shape index (κ1) is 17.0. The van der Waals surface area contributed by atoms with E-state index in [9.17, 15) is 5.11 Å². The van der Waals surface area contributed by atoms with Gasteiger partial charge in [-0.15, -0.1) is 0 Å². The molecule has 1 aliphatic heterocycles. The van der Waals surface area contributed by atoms with Gasteiger partial charge in [0.25, 0.3) is 5.88 Å². The average Bonchev–Trinajstić information content (AvgIpc) is 3.26. The van der Waals surface area contributed by atoms with E-state index in [1.165, 1.54) is 6.33 Å². The first-order valence-electron chi connectivity index (χ1n) is 8.23. The van der Waals surface area contributed by atoms with E-state index >= 15 is 0 Å². The molecule has 1 aromatic carbocycles.